The maximum absolute atomic E-state index is 2.16. The second-order valence-corrected chi connectivity index (χ2v) is 3.84. The number of benzene rings is 2. The average Bonchev–Trinajstić information content (AvgIpc) is 2.20. The van der Waals surface area contributed by atoms with Crippen molar-refractivity contribution in [3.8, 4) is 11.1 Å². The van der Waals surface area contributed by atoms with Crippen LogP contribution in [-0.4, -0.2) is 0 Å². The van der Waals surface area contributed by atoms with Gasteiger partial charge in [-0.3, -0.25) is 0 Å². The topological polar surface area (TPSA) is 0 Å². The first-order chi connectivity index (χ1) is 6.36. The van der Waals surface area contributed by atoms with Crippen LogP contribution in [0.3, 0.4) is 0 Å². The van der Waals surface area contributed by atoms with E-state index in [1.165, 1.54) is 15.0 Å². The van der Waals surface area contributed by atoms with Gasteiger partial charge in [0.15, 0.2) is 0 Å². The minimum atomic E-state index is 1.28. The molecule has 0 saturated carbocycles. The molecule has 0 aliphatic heterocycles. The fourth-order valence-electron chi connectivity index (χ4n) is 1.29. The van der Waals surface area contributed by atoms with Crippen LogP contribution in [0.1, 0.15) is 0 Å². The van der Waals surface area contributed by atoms with Crippen molar-refractivity contribution in [3.63, 3.8) is 0 Å². The zero-order chi connectivity index (χ0) is 9.10. The zero-order valence-corrected chi connectivity index (χ0v) is 8.76. The third-order valence-electron chi connectivity index (χ3n) is 1.99. The maximum atomic E-state index is 2.16. The summed E-state index contributed by atoms with van der Waals surface area (Å²) in [4.78, 5) is 0. The van der Waals surface area contributed by atoms with E-state index in [0.29, 0.717) is 0 Å². The minimum absolute atomic E-state index is 1.28. The number of hydrogen-bond donors (Lipinski definition) is 0. The first kappa shape index (κ1) is 8.74. The fourth-order valence-corrected chi connectivity index (χ4v) is 1.55. The van der Waals surface area contributed by atoms with Gasteiger partial charge in [0, 0.05) is 0 Å². The zero-order valence-electron chi connectivity index (χ0n) is 7.20. The molecule has 0 unspecified atom stereocenters. The average molecular weight is 201 g/mol. The molecule has 61 valence electrons. The van der Waals surface area contributed by atoms with Crippen molar-refractivity contribution in [1.82, 2.24) is 0 Å². The molecule has 2 rings (SSSR count). The summed E-state index contributed by atoms with van der Waals surface area (Å²) in [5, 5.41) is 0. The summed E-state index contributed by atoms with van der Waals surface area (Å²) in [6.45, 7) is 0. The molecule has 2 aromatic carbocycles. The Kier molecular flexibility index (Phi) is 2.63. The molecule has 0 N–H and O–H groups in total. The van der Waals surface area contributed by atoms with Crippen LogP contribution in [0, 0.1) is 0 Å². The Morgan fingerprint density at radius 1 is 0.615 bits per heavy atom. The Balaban J connectivity index is 2.42. The van der Waals surface area contributed by atoms with Crippen LogP contribution in [-0.2, 0) is 20.4 Å². The predicted molar refractivity (Wildman–Crippen MR) is 51.5 cm³/mol. The van der Waals surface area contributed by atoms with Crippen LogP contribution >= 0.6 is 0 Å². The van der Waals surface area contributed by atoms with Crippen molar-refractivity contribution in [2.24, 2.45) is 0 Å². The van der Waals surface area contributed by atoms with Gasteiger partial charge in [0.1, 0.15) is 0 Å². The molecular formula is C12H9Ti. The monoisotopic (exact) mass is 201 g/mol. The van der Waals surface area contributed by atoms with E-state index in [0.717, 1.165) is 0 Å². The summed E-state index contributed by atoms with van der Waals surface area (Å²) in [6, 6.07) is 19.0. The van der Waals surface area contributed by atoms with E-state index >= 15 is 0 Å². The number of rotatable bonds is 1. The molecule has 0 amide bonds. The van der Waals surface area contributed by atoms with Crippen molar-refractivity contribution in [1.29, 1.82) is 0 Å². The molecule has 0 aromatic heterocycles. The Labute approximate surface area is 90.0 Å². The summed E-state index contributed by atoms with van der Waals surface area (Å²) in [6.07, 6.45) is 0. The van der Waals surface area contributed by atoms with Gasteiger partial charge in [-0.15, -0.1) is 0 Å². The Morgan fingerprint density at radius 2 is 1.15 bits per heavy atom. The van der Waals surface area contributed by atoms with Crippen molar-refractivity contribution in [2.75, 3.05) is 0 Å². The summed E-state index contributed by atoms with van der Waals surface area (Å²) in [5.74, 6) is 0. The van der Waals surface area contributed by atoms with E-state index in [9.17, 15) is 0 Å². The van der Waals surface area contributed by atoms with Crippen LogP contribution in [0.4, 0.5) is 0 Å². The van der Waals surface area contributed by atoms with Gasteiger partial charge in [0.25, 0.3) is 0 Å². The SMILES string of the molecule is [Ti][c]1ccc(-c2ccccc2)cc1. The molecule has 2 aromatic rings. The molecule has 0 radical (unpaired) electrons. The van der Waals surface area contributed by atoms with Crippen molar-refractivity contribution >= 4 is 3.87 Å². The molecule has 13 heavy (non-hydrogen) atoms. The van der Waals surface area contributed by atoms with Crippen LogP contribution in [0.25, 0.3) is 11.1 Å². The van der Waals surface area contributed by atoms with Gasteiger partial charge in [-0.25, -0.2) is 0 Å². The fraction of sp³-hybridized carbons (Fsp3) is 0. The van der Waals surface area contributed by atoms with E-state index in [1.54, 1.807) is 0 Å². The van der Waals surface area contributed by atoms with Gasteiger partial charge < -0.3 is 0 Å². The van der Waals surface area contributed by atoms with Crippen molar-refractivity contribution in [3.05, 3.63) is 54.6 Å². The standard InChI is InChI=1S/C12H9.Ti/c1-3-7-11(8-4-1)12-9-5-2-6-10-12;/h1,3-10H;. The Hall–Kier alpha value is -0.846. The van der Waals surface area contributed by atoms with Gasteiger partial charge in [-0.1, -0.05) is 0 Å². The third-order valence-corrected chi connectivity index (χ3v) is 2.51. The molecule has 0 heterocycles. The quantitative estimate of drug-likeness (QED) is 0.622. The molecule has 0 aliphatic carbocycles. The summed E-state index contributed by atoms with van der Waals surface area (Å²) >= 11 is 2.11. The van der Waals surface area contributed by atoms with E-state index in [4.69, 9.17) is 0 Å². The third kappa shape index (κ3) is 2.09. The van der Waals surface area contributed by atoms with Gasteiger partial charge in [0.05, 0.1) is 0 Å². The predicted octanol–water partition coefficient (Wildman–Crippen LogP) is 2.53. The summed E-state index contributed by atoms with van der Waals surface area (Å²) < 4.78 is 1.31. The molecule has 0 aliphatic rings. The van der Waals surface area contributed by atoms with Gasteiger partial charge in [-0.05, 0) is 0 Å². The molecule has 0 nitrogen and oxygen atoms in total. The van der Waals surface area contributed by atoms with E-state index in [2.05, 4.69) is 69.0 Å². The summed E-state index contributed by atoms with van der Waals surface area (Å²) in [7, 11) is 0. The van der Waals surface area contributed by atoms with E-state index in [-0.39, 0.29) is 0 Å². The molecule has 0 fully saturated rings. The molecular weight excluding hydrogens is 192 g/mol. The molecule has 0 bridgehead atoms. The van der Waals surface area contributed by atoms with Crippen LogP contribution in [0.15, 0.2) is 54.6 Å². The van der Waals surface area contributed by atoms with Gasteiger partial charge in [0.2, 0.25) is 0 Å². The molecule has 0 saturated heterocycles. The first-order valence-electron chi connectivity index (χ1n) is 4.23. The second-order valence-electron chi connectivity index (χ2n) is 2.94. The van der Waals surface area contributed by atoms with E-state index in [1.807, 2.05) is 6.07 Å². The van der Waals surface area contributed by atoms with Crippen LogP contribution in [0.5, 0.6) is 0 Å². The molecule has 1 heteroatoms. The normalized spacial score (nSPS) is 9.77. The van der Waals surface area contributed by atoms with Crippen molar-refractivity contribution < 1.29 is 20.4 Å². The van der Waals surface area contributed by atoms with Crippen molar-refractivity contribution in [2.45, 2.75) is 0 Å². The summed E-state index contributed by atoms with van der Waals surface area (Å²) in [5.41, 5.74) is 2.56. The molecule has 0 atom stereocenters. The number of hydrogen-bond acceptors (Lipinski definition) is 0. The Morgan fingerprint density at radius 3 is 1.77 bits per heavy atom. The van der Waals surface area contributed by atoms with Gasteiger partial charge in [-0.2, -0.15) is 0 Å². The van der Waals surface area contributed by atoms with E-state index < -0.39 is 0 Å². The Bertz CT molecular complexity index is 376. The second kappa shape index (κ2) is 3.91. The molecule has 0 spiro atoms. The van der Waals surface area contributed by atoms with Gasteiger partial charge >= 0.3 is 90.0 Å². The first-order valence-corrected chi connectivity index (χ1v) is 5.01. The van der Waals surface area contributed by atoms with Crippen LogP contribution < -0.4 is 3.87 Å². The van der Waals surface area contributed by atoms with Crippen LogP contribution in [0.2, 0.25) is 0 Å².